The lowest BCUT2D eigenvalue weighted by Crippen LogP contribution is -2.36. The Morgan fingerprint density at radius 3 is 1.86 bits per heavy atom. The van der Waals surface area contributed by atoms with Crippen molar-refractivity contribution in [2.45, 2.75) is 56.4 Å². The zero-order valence-electron chi connectivity index (χ0n) is 24.5. The molecule has 2 aromatic heterocycles. The fraction of sp³-hybridized carbons (Fsp3) is 0.256. The van der Waals surface area contributed by atoms with Crippen LogP contribution >= 0.6 is 0 Å². The molecular weight excluding hydrogens is 526 g/mol. The van der Waals surface area contributed by atoms with Gasteiger partial charge in [0, 0.05) is 29.3 Å². The van der Waals surface area contributed by atoms with Crippen LogP contribution in [0.15, 0.2) is 122 Å². The van der Waals surface area contributed by atoms with E-state index in [2.05, 4.69) is 114 Å². The number of carbonyl (C=O) groups is 1. The van der Waals surface area contributed by atoms with Crippen LogP contribution in [-0.4, -0.2) is 20.3 Å². The second kappa shape index (κ2) is 12.0. The van der Waals surface area contributed by atoms with E-state index < -0.39 is 5.54 Å². The van der Waals surface area contributed by atoms with Crippen molar-refractivity contribution in [3.63, 3.8) is 0 Å². The molecule has 2 aliphatic carbocycles. The number of benzene rings is 3. The van der Waals surface area contributed by atoms with Gasteiger partial charge in [0.15, 0.2) is 5.78 Å². The first kappa shape index (κ1) is 27.3. The van der Waals surface area contributed by atoms with Crippen molar-refractivity contribution in [1.29, 1.82) is 0 Å². The summed E-state index contributed by atoms with van der Waals surface area (Å²) < 4.78 is 2.23. The van der Waals surface area contributed by atoms with E-state index in [0.717, 1.165) is 65.0 Å². The molecule has 0 spiro atoms. The summed E-state index contributed by atoms with van der Waals surface area (Å²) in [6.07, 6.45) is 15.7. The van der Waals surface area contributed by atoms with Crippen LogP contribution in [-0.2, 0) is 10.3 Å². The first-order chi connectivity index (χ1) is 21.2. The minimum Gasteiger partial charge on any atom is -0.318 e. The fourth-order valence-electron chi connectivity index (χ4n) is 6.76. The highest BCUT2D eigenvalue weighted by Gasteiger charge is 2.38. The second-order valence-corrected chi connectivity index (χ2v) is 12.0. The van der Waals surface area contributed by atoms with Crippen LogP contribution in [0.25, 0.3) is 17.3 Å². The standard InChI is InChI=1S/C39H37N3O/c43-38(30-13-5-1-6-14-30)26-25-36-34(23-24-35(41-36)29-21-22-29)37-27-42(28-40-37)39(31-15-7-2-8-16-31,32-17-9-3-10-18-32)33-19-11-4-12-20-33/h2-4,7-12,15-20,23-30H,1,5-6,13-14,21-22H2/b26-25+. The molecular formula is C39H37N3O. The molecule has 2 heterocycles. The first-order valence-corrected chi connectivity index (χ1v) is 15.7. The predicted molar refractivity (Wildman–Crippen MR) is 173 cm³/mol. The van der Waals surface area contributed by atoms with Crippen LogP contribution in [0, 0.1) is 5.92 Å². The van der Waals surface area contributed by atoms with E-state index in [1.165, 1.54) is 19.3 Å². The highest BCUT2D eigenvalue weighted by Crippen LogP contribution is 2.43. The van der Waals surface area contributed by atoms with Gasteiger partial charge in [0.1, 0.15) is 5.54 Å². The van der Waals surface area contributed by atoms with Gasteiger partial charge in [-0.1, -0.05) is 110 Å². The van der Waals surface area contributed by atoms with Gasteiger partial charge in [-0.25, -0.2) is 4.98 Å². The number of imidazole rings is 1. The van der Waals surface area contributed by atoms with Crippen LogP contribution in [0.4, 0.5) is 0 Å². The summed E-state index contributed by atoms with van der Waals surface area (Å²) in [5.74, 6) is 0.892. The van der Waals surface area contributed by atoms with E-state index in [9.17, 15) is 4.79 Å². The van der Waals surface area contributed by atoms with Gasteiger partial charge in [0.2, 0.25) is 0 Å². The van der Waals surface area contributed by atoms with Gasteiger partial charge in [-0.3, -0.25) is 9.78 Å². The summed E-state index contributed by atoms with van der Waals surface area (Å²) in [7, 11) is 0. The van der Waals surface area contributed by atoms with Crippen LogP contribution < -0.4 is 0 Å². The Balaban J connectivity index is 1.35. The lowest BCUT2D eigenvalue weighted by Gasteiger charge is -2.37. The summed E-state index contributed by atoms with van der Waals surface area (Å²) in [6, 6.07) is 36.2. The SMILES string of the molecule is O=C(/C=C/c1nc(C2CC2)ccc1-c1cn(C(c2ccccc2)(c2ccccc2)c2ccccc2)cn1)C1CCCCC1. The third-order valence-corrected chi connectivity index (χ3v) is 9.18. The number of carbonyl (C=O) groups excluding carboxylic acids is 1. The number of allylic oxidation sites excluding steroid dienone is 1. The van der Waals surface area contributed by atoms with E-state index in [4.69, 9.17) is 9.97 Å². The molecule has 2 saturated carbocycles. The van der Waals surface area contributed by atoms with E-state index >= 15 is 0 Å². The van der Waals surface area contributed by atoms with Gasteiger partial charge in [0.05, 0.1) is 17.7 Å². The molecule has 4 nitrogen and oxygen atoms in total. The number of aromatic nitrogens is 3. The lowest BCUT2D eigenvalue weighted by molar-refractivity contribution is -0.119. The molecule has 4 heteroatoms. The van der Waals surface area contributed by atoms with Gasteiger partial charge in [-0.2, -0.15) is 0 Å². The van der Waals surface area contributed by atoms with E-state index in [0.29, 0.717) is 5.92 Å². The van der Waals surface area contributed by atoms with Gasteiger partial charge < -0.3 is 4.57 Å². The fourth-order valence-corrected chi connectivity index (χ4v) is 6.76. The third-order valence-electron chi connectivity index (χ3n) is 9.18. The summed E-state index contributed by atoms with van der Waals surface area (Å²) in [6.45, 7) is 0. The predicted octanol–water partition coefficient (Wildman–Crippen LogP) is 8.83. The molecule has 0 atom stereocenters. The first-order valence-electron chi connectivity index (χ1n) is 15.7. The number of hydrogen-bond donors (Lipinski definition) is 0. The molecule has 0 saturated heterocycles. The molecule has 2 aliphatic rings. The number of hydrogen-bond acceptors (Lipinski definition) is 3. The molecule has 3 aromatic carbocycles. The van der Waals surface area contributed by atoms with Crippen molar-refractivity contribution in [1.82, 2.24) is 14.5 Å². The number of pyridine rings is 1. The van der Waals surface area contributed by atoms with E-state index in [1.807, 2.05) is 12.4 Å². The minimum absolute atomic E-state index is 0.141. The normalized spacial score (nSPS) is 16.0. The Morgan fingerprint density at radius 1 is 0.721 bits per heavy atom. The Kier molecular flexibility index (Phi) is 7.59. The second-order valence-electron chi connectivity index (χ2n) is 12.0. The van der Waals surface area contributed by atoms with Gasteiger partial charge in [-0.05, 0) is 66.7 Å². The maximum Gasteiger partial charge on any atom is 0.158 e. The molecule has 0 unspecified atom stereocenters. The Hall–Kier alpha value is -4.57. The van der Waals surface area contributed by atoms with Crippen molar-refractivity contribution >= 4 is 11.9 Å². The topological polar surface area (TPSA) is 47.8 Å². The maximum absolute atomic E-state index is 13.1. The molecule has 0 aliphatic heterocycles. The quantitative estimate of drug-likeness (QED) is 0.133. The summed E-state index contributed by atoms with van der Waals surface area (Å²) in [5, 5.41) is 0. The maximum atomic E-state index is 13.1. The molecule has 0 N–H and O–H groups in total. The zero-order valence-corrected chi connectivity index (χ0v) is 24.5. The van der Waals surface area contributed by atoms with Gasteiger partial charge in [-0.15, -0.1) is 0 Å². The number of ketones is 1. The van der Waals surface area contributed by atoms with E-state index in [1.54, 1.807) is 6.08 Å². The molecule has 7 rings (SSSR count). The van der Waals surface area contributed by atoms with Crippen molar-refractivity contribution in [2.24, 2.45) is 5.92 Å². The van der Waals surface area contributed by atoms with Crippen LogP contribution in [0.3, 0.4) is 0 Å². The monoisotopic (exact) mass is 563 g/mol. The van der Waals surface area contributed by atoms with E-state index in [-0.39, 0.29) is 11.7 Å². The average Bonchev–Trinajstić information content (AvgIpc) is 3.83. The number of nitrogens with zero attached hydrogens (tertiary/aromatic N) is 3. The molecule has 214 valence electrons. The Bertz CT molecular complexity index is 1620. The molecule has 5 aromatic rings. The largest absolute Gasteiger partial charge is 0.318 e. The highest BCUT2D eigenvalue weighted by molar-refractivity contribution is 5.96. The number of rotatable bonds is 9. The van der Waals surface area contributed by atoms with Crippen LogP contribution in [0.5, 0.6) is 0 Å². The zero-order chi connectivity index (χ0) is 29.1. The Labute approximate surface area is 254 Å². The average molecular weight is 564 g/mol. The molecule has 0 amide bonds. The third kappa shape index (κ3) is 5.38. The smallest absolute Gasteiger partial charge is 0.158 e. The minimum atomic E-state index is -0.636. The van der Waals surface area contributed by atoms with Crippen molar-refractivity contribution in [3.05, 3.63) is 150 Å². The van der Waals surface area contributed by atoms with Crippen LogP contribution in [0.1, 0.15) is 78.9 Å². The molecule has 0 radical (unpaired) electrons. The van der Waals surface area contributed by atoms with Crippen molar-refractivity contribution < 1.29 is 4.79 Å². The van der Waals surface area contributed by atoms with Gasteiger partial charge >= 0.3 is 0 Å². The summed E-state index contributed by atoms with van der Waals surface area (Å²) >= 11 is 0. The summed E-state index contributed by atoms with van der Waals surface area (Å²) in [5.41, 5.74) is 6.53. The van der Waals surface area contributed by atoms with Crippen molar-refractivity contribution in [3.8, 4) is 11.3 Å². The van der Waals surface area contributed by atoms with Gasteiger partial charge in [0.25, 0.3) is 0 Å². The lowest BCUT2D eigenvalue weighted by atomic mass is 9.77. The highest BCUT2D eigenvalue weighted by atomic mass is 16.1. The van der Waals surface area contributed by atoms with Crippen molar-refractivity contribution in [2.75, 3.05) is 0 Å². The molecule has 43 heavy (non-hydrogen) atoms. The molecule has 0 bridgehead atoms. The summed E-state index contributed by atoms with van der Waals surface area (Å²) in [4.78, 5) is 23.2. The van der Waals surface area contributed by atoms with Crippen LogP contribution in [0.2, 0.25) is 0 Å². The molecule has 2 fully saturated rings. The Morgan fingerprint density at radius 2 is 1.30 bits per heavy atom.